The van der Waals surface area contributed by atoms with Crippen molar-refractivity contribution in [3.05, 3.63) is 35.4 Å². The summed E-state index contributed by atoms with van der Waals surface area (Å²) in [5, 5.41) is 31.4. The second-order valence-corrected chi connectivity index (χ2v) is 4.94. The molecule has 5 heteroatoms. The minimum atomic E-state index is -0.955. The number of aliphatic hydroxyl groups is 3. The zero-order valence-corrected chi connectivity index (χ0v) is 11.0. The van der Waals surface area contributed by atoms with Crippen LogP contribution in [0.5, 0.6) is 0 Å². The van der Waals surface area contributed by atoms with Crippen LogP contribution in [-0.2, 0) is 6.54 Å². The molecule has 0 radical (unpaired) electrons. The van der Waals surface area contributed by atoms with E-state index in [9.17, 15) is 10.2 Å². The van der Waals surface area contributed by atoms with Crippen LogP contribution < -0.4 is 5.32 Å². The summed E-state index contributed by atoms with van der Waals surface area (Å²) in [7, 11) is 0. The van der Waals surface area contributed by atoms with E-state index in [1.54, 1.807) is 0 Å². The minimum absolute atomic E-state index is 0.234. The highest BCUT2D eigenvalue weighted by Gasteiger charge is 2.32. The number of aryl methyl sites for hydroxylation is 1. The summed E-state index contributed by atoms with van der Waals surface area (Å²) in [5.41, 5.74) is 2.28. The molecule has 1 aliphatic rings. The predicted molar refractivity (Wildman–Crippen MR) is 73.0 cm³/mol. The number of hydrogen-bond donors (Lipinski definition) is 4. The molecule has 1 fully saturated rings. The van der Waals surface area contributed by atoms with Crippen molar-refractivity contribution in [2.24, 2.45) is 4.99 Å². The van der Waals surface area contributed by atoms with Gasteiger partial charge in [-0.05, 0) is 12.5 Å². The van der Waals surface area contributed by atoms with Crippen molar-refractivity contribution in [1.82, 2.24) is 5.32 Å². The average molecular weight is 264 g/mol. The molecule has 0 saturated carbocycles. The van der Waals surface area contributed by atoms with E-state index >= 15 is 0 Å². The molecule has 1 aromatic rings. The lowest BCUT2D eigenvalue weighted by atomic mass is 9.98. The number of piperidine rings is 1. The van der Waals surface area contributed by atoms with Crippen LogP contribution in [-0.4, -0.2) is 46.0 Å². The van der Waals surface area contributed by atoms with Gasteiger partial charge >= 0.3 is 0 Å². The van der Waals surface area contributed by atoms with Crippen LogP contribution in [0.3, 0.4) is 0 Å². The summed E-state index contributed by atoms with van der Waals surface area (Å²) in [4.78, 5) is 4.39. The van der Waals surface area contributed by atoms with E-state index in [1.165, 1.54) is 5.56 Å². The van der Waals surface area contributed by atoms with Crippen molar-refractivity contribution >= 4 is 5.84 Å². The van der Waals surface area contributed by atoms with Gasteiger partial charge in [-0.1, -0.05) is 29.8 Å². The van der Waals surface area contributed by atoms with Crippen LogP contribution in [0.2, 0.25) is 0 Å². The van der Waals surface area contributed by atoms with Crippen LogP contribution in [0.4, 0.5) is 0 Å². The number of hydrogen-bond acceptors (Lipinski definition) is 4. The molecule has 1 aromatic carbocycles. The smallest absolute Gasteiger partial charge is 0.103 e. The molecule has 3 atom stereocenters. The van der Waals surface area contributed by atoms with Gasteiger partial charge in [-0.2, -0.15) is 0 Å². The lowest BCUT2D eigenvalue weighted by Crippen LogP contribution is -2.56. The van der Waals surface area contributed by atoms with Crippen molar-refractivity contribution in [2.75, 3.05) is 6.61 Å². The molecule has 2 rings (SSSR count). The Kier molecular flexibility index (Phi) is 4.52. The van der Waals surface area contributed by atoms with E-state index in [2.05, 4.69) is 10.3 Å². The molecule has 0 spiro atoms. The third kappa shape index (κ3) is 3.53. The summed E-state index contributed by atoms with van der Waals surface area (Å²) in [6, 6.07) is 7.52. The number of nitrogens with one attached hydrogen (secondary N) is 1. The first-order valence-corrected chi connectivity index (χ1v) is 6.42. The molecule has 0 unspecified atom stereocenters. The Hall–Kier alpha value is -1.43. The lowest BCUT2D eigenvalue weighted by Gasteiger charge is -2.33. The SMILES string of the molecule is Cc1ccc(CN=C2C[C@@H](O)[C@@H](O)[C@@H](CO)N2)cc1. The van der Waals surface area contributed by atoms with Crippen LogP contribution in [0.25, 0.3) is 0 Å². The molecular formula is C14H20N2O3. The molecule has 4 N–H and O–H groups in total. The van der Waals surface area contributed by atoms with E-state index < -0.39 is 18.2 Å². The fraction of sp³-hybridized carbons (Fsp3) is 0.500. The Balaban J connectivity index is 2.01. The number of aliphatic imine (C=N–C) groups is 1. The normalized spacial score (nSPS) is 29.3. The minimum Gasteiger partial charge on any atom is -0.394 e. The second kappa shape index (κ2) is 6.14. The first-order valence-electron chi connectivity index (χ1n) is 6.42. The lowest BCUT2D eigenvalue weighted by molar-refractivity contribution is -0.0178. The molecule has 0 amide bonds. The van der Waals surface area contributed by atoms with Gasteiger partial charge in [-0.3, -0.25) is 4.99 Å². The monoisotopic (exact) mass is 264 g/mol. The maximum Gasteiger partial charge on any atom is 0.103 e. The van der Waals surface area contributed by atoms with Gasteiger partial charge in [0.1, 0.15) is 6.10 Å². The summed E-state index contributed by atoms with van der Waals surface area (Å²) < 4.78 is 0. The van der Waals surface area contributed by atoms with Gasteiger partial charge in [-0.15, -0.1) is 0 Å². The molecular weight excluding hydrogens is 244 g/mol. The van der Waals surface area contributed by atoms with Crippen LogP contribution in [0.15, 0.2) is 29.3 Å². The average Bonchev–Trinajstić information content (AvgIpc) is 2.41. The molecule has 104 valence electrons. The Bertz CT molecular complexity index is 445. The fourth-order valence-electron chi connectivity index (χ4n) is 2.09. The highest BCUT2D eigenvalue weighted by molar-refractivity contribution is 5.84. The zero-order valence-electron chi connectivity index (χ0n) is 11.0. The van der Waals surface area contributed by atoms with E-state index in [4.69, 9.17) is 5.11 Å². The van der Waals surface area contributed by atoms with Gasteiger partial charge in [0.15, 0.2) is 0 Å². The van der Waals surface area contributed by atoms with Crippen LogP contribution in [0, 0.1) is 6.92 Å². The summed E-state index contributed by atoms with van der Waals surface area (Å²) in [5.74, 6) is 0.623. The third-order valence-electron chi connectivity index (χ3n) is 3.33. The Morgan fingerprint density at radius 2 is 1.95 bits per heavy atom. The highest BCUT2D eigenvalue weighted by Crippen LogP contribution is 2.12. The molecule has 0 bridgehead atoms. The number of aliphatic hydroxyl groups excluding tert-OH is 3. The van der Waals surface area contributed by atoms with E-state index in [1.807, 2.05) is 31.2 Å². The van der Waals surface area contributed by atoms with E-state index in [-0.39, 0.29) is 13.0 Å². The van der Waals surface area contributed by atoms with Gasteiger partial charge < -0.3 is 20.6 Å². The van der Waals surface area contributed by atoms with Crippen molar-refractivity contribution in [1.29, 1.82) is 0 Å². The largest absolute Gasteiger partial charge is 0.394 e. The van der Waals surface area contributed by atoms with Crippen molar-refractivity contribution in [3.8, 4) is 0 Å². The van der Waals surface area contributed by atoms with Gasteiger partial charge in [0.25, 0.3) is 0 Å². The molecule has 0 aromatic heterocycles. The summed E-state index contributed by atoms with van der Waals surface area (Å²) in [6.07, 6.45) is -1.55. The predicted octanol–water partition coefficient (Wildman–Crippen LogP) is -0.0305. The number of nitrogens with zero attached hydrogens (tertiary/aromatic N) is 1. The highest BCUT2D eigenvalue weighted by atomic mass is 16.3. The van der Waals surface area contributed by atoms with Gasteiger partial charge in [0.05, 0.1) is 31.1 Å². The number of benzene rings is 1. The molecule has 5 nitrogen and oxygen atoms in total. The second-order valence-electron chi connectivity index (χ2n) is 4.94. The first-order chi connectivity index (χ1) is 9.10. The molecule has 1 saturated heterocycles. The third-order valence-corrected chi connectivity index (χ3v) is 3.33. The topological polar surface area (TPSA) is 85.1 Å². The van der Waals surface area contributed by atoms with E-state index in [0.717, 1.165) is 5.56 Å². The molecule has 1 heterocycles. The van der Waals surface area contributed by atoms with Gasteiger partial charge in [-0.25, -0.2) is 0 Å². The maximum atomic E-state index is 9.70. The van der Waals surface area contributed by atoms with Crippen LogP contribution >= 0.6 is 0 Å². The number of amidine groups is 1. The molecule has 19 heavy (non-hydrogen) atoms. The summed E-state index contributed by atoms with van der Waals surface area (Å²) >= 11 is 0. The van der Waals surface area contributed by atoms with E-state index in [0.29, 0.717) is 12.4 Å². The van der Waals surface area contributed by atoms with Crippen molar-refractivity contribution < 1.29 is 15.3 Å². The fourth-order valence-corrected chi connectivity index (χ4v) is 2.09. The maximum absolute atomic E-state index is 9.70. The standard InChI is InChI=1S/C14H20N2O3/c1-9-2-4-10(5-3-9)7-15-13-6-12(18)14(19)11(8-17)16-13/h2-5,11-12,14,17-19H,6-8H2,1H3,(H,15,16)/t11-,12-,14+/m1/s1. The van der Waals surface area contributed by atoms with Gasteiger partial charge in [0, 0.05) is 6.42 Å². The Morgan fingerprint density at radius 1 is 1.26 bits per heavy atom. The Morgan fingerprint density at radius 3 is 2.58 bits per heavy atom. The summed E-state index contributed by atoms with van der Waals surface area (Å²) in [6.45, 7) is 2.31. The van der Waals surface area contributed by atoms with Crippen molar-refractivity contribution in [2.45, 2.75) is 38.1 Å². The molecule has 1 aliphatic heterocycles. The van der Waals surface area contributed by atoms with Crippen molar-refractivity contribution in [3.63, 3.8) is 0 Å². The quantitative estimate of drug-likeness (QED) is 0.617. The molecule has 0 aliphatic carbocycles. The number of rotatable bonds is 3. The zero-order chi connectivity index (χ0) is 13.8. The van der Waals surface area contributed by atoms with Crippen LogP contribution in [0.1, 0.15) is 17.5 Å². The first kappa shape index (κ1) is 14.0. The van der Waals surface area contributed by atoms with Gasteiger partial charge in [0.2, 0.25) is 0 Å². The Labute approximate surface area is 112 Å².